The number of aryl methyl sites for hydroxylation is 2. The van der Waals surface area contributed by atoms with Gasteiger partial charge in [-0.25, -0.2) is 0 Å². The molecule has 176 valence electrons. The molecular weight excluding hydrogens is 433 g/mol. The van der Waals surface area contributed by atoms with E-state index in [0.717, 1.165) is 42.9 Å². The van der Waals surface area contributed by atoms with Crippen molar-refractivity contribution in [3.05, 3.63) is 81.8 Å². The summed E-state index contributed by atoms with van der Waals surface area (Å²) in [5.74, 6) is 0. The number of likely N-dealkylation sites (tertiary alicyclic amines) is 1. The van der Waals surface area contributed by atoms with Gasteiger partial charge in [0.25, 0.3) is 0 Å². The van der Waals surface area contributed by atoms with Crippen LogP contribution in [0.25, 0.3) is 0 Å². The van der Waals surface area contributed by atoms with Crippen molar-refractivity contribution in [3.8, 4) is 0 Å². The Morgan fingerprint density at radius 2 is 1.97 bits per heavy atom. The molecule has 2 atom stereocenters. The van der Waals surface area contributed by atoms with Crippen LogP contribution < -0.4 is 0 Å². The van der Waals surface area contributed by atoms with Gasteiger partial charge in [0.15, 0.2) is 5.13 Å². The Balaban J connectivity index is 1.66. The number of halogens is 1. The van der Waals surface area contributed by atoms with E-state index in [2.05, 4.69) is 59.9 Å². The van der Waals surface area contributed by atoms with Gasteiger partial charge in [-0.1, -0.05) is 6.07 Å². The lowest BCUT2D eigenvalue weighted by Gasteiger charge is -2.41. The third-order valence-electron chi connectivity index (χ3n) is 7.19. The maximum absolute atomic E-state index is 13.7. The van der Waals surface area contributed by atoms with Gasteiger partial charge in [-0.3, -0.25) is 14.9 Å². The highest BCUT2D eigenvalue weighted by Gasteiger charge is 2.49. The zero-order chi connectivity index (χ0) is 23.5. The summed E-state index contributed by atoms with van der Waals surface area (Å²) in [6.07, 6.45) is 8.48. The fourth-order valence-corrected chi connectivity index (χ4v) is 5.85. The van der Waals surface area contributed by atoms with Crippen LogP contribution in [-0.2, 0) is 16.7 Å². The molecule has 0 radical (unpaired) electrons. The number of nitrogens with zero attached hydrogens (tertiary/aromatic N) is 3. The normalized spacial score (nSPS) is 20.3. The third-order valence-corrected chi connectivity index (χ3v) is 8.12. The number of thiophene rings is 1. The molecule has 1 saturated heterocycles. The van der Waals surface area contributed by atoms with E-state index in [0.29, 0.717) is 6.61 Å². The van der Waals surface area contributed by atoms with Gasteiger partial charge in [-0.05, 0) is 95.0 Å². The predicted molar refractivity (Wildman–Crippen MR) is 132 cm³/mol. The van der Waals surface area contributed by atoms with Crippen LogP contribution in [0.5, 0.6) is 0 Å². The van der Waals surface area contributed by atoms with Crippen molar-refractivity contribution in [1.82, 2.24) is 14.9 Å². The molecule has 0 amide bonds. The van der Waals surface area contributed by atoms with Gasteiger partial charge in [0.2, 0.25) is 0 Å². The second kappa shape index (κ2) is 10.00. The zero-order valence-corrected chi connectivity index (χ0v) is 20.9. The van der Waals surface area contributed by atoms with Gasteiger partial charge in [0, 0.05) is 53.3 Å². The van der Waals surface area contributed by atoms with E-state index in [1.807, 2.05) is 31.6 Å². The van der Waals surface area contributed by atoms with Crippen LogP contribution in [0.1, 0.15) is 61.4 Å². The Morgan fingerprint density at radius 1 is 1.18 bits per heavy atom. The van der Waals surface area contributed by atoms with E-state index in [1.54, 1.807) is 6.07 Å². The van der Waals surface area contributed by atoms with Gasteiger partial charge >= 0.3 is 0 Å². The summed E-state index contributed by atoms with van der Waals surface area (Å²) in [5, 5.41) is -0.115. The average molecular weight is 468 g/mol. The monoisotopic (exact) mass is 467 g/mol. The van der Waals surface area contributed by atoms with E-state index in [1.165, 1.54) is 22.5 Å². The first-order chi connectivity index (χ1) is 15.8. The molecule has 1 aliphatic rings. The minimum Gasteiger partial charge on any atom is -0.373 e. The van der Waals surface area contributed by atoms with E-state index < -0.39 is 0 Å². The molecule has 4 rings (SSSR count). The highest BCUT2D eigenvalue weighted by Crippen LogP contribution is 2.50. The SMILES string of the molecule is CCO[C@H](c1ccncc1)[C@@]1(CCc2ccc(F)s2)CCN(C(C)(C)c2ccc(C)nc2)C1. The van der Waals surface area contributed by atoms with Crippen LogP contribution in [0.3, 0.4) is 0 Å². The molecule has 4 nitrogen and oxygen atoms in total. The minimum absolute atomic E-state index is 0.0350. The number of hydrogen-bond donors (Lipinski definition) is 0. The van der Waals surface area contributed by atoms with Crippen molar-refractivity contribution in [1.29, 1.82) is 0 Å². The first-order valence-electron chi connectivity index (χ1n) is 11.8. The number of pyridine rings is 2. The predicted octanol–water partition coefficient (Wildman–Crippen LogP) is 6.32. The van der Waals surface area contributed by atoms with Crippen molar-refractivity contribution in [2.75, 3.05) is 19.7 Å². The Morgan fingerprint density at radius 3 is 2.61 bits per heavy atom. The molecule has 0 bridgehead atoms. The minimum atomic E-state index is -0.146. The molecule has 1 fully saturated rings. The second-order valence-electron chi connectivity index (χ2n) is 9.60. The zero-order valence-electron chi connectivity index (χ0n) is 20.1. The van der Waals surface area contributed by atoms with Crippen molar-refractivity contribution >= 4 is 11.3 Å². The highest BCUT2D eigenvalue weighted by atomic mass is 32.1. The quantitative estimate of drug-likeness (QED) is 0.369. The van der Waals surface area contributed by atoms with Gasteiger partial charge in [-0.2, -0.15) is 4.39 Å². The summed E-state index contributed by atoms with van der Waals surface area (Å²) in [6, 6.07) is 11.9. The number of rotatable bonds is 9. The molecule has 3 aromatic rings. The summed E-state index contributed by atoms with van der Waals surface area (Å²) in [7, 11) is 0. The maximum Gasteiger partial charge on any atom is 0.176 e. The Kier molecular flexibility index (Phi) is 7.27. The molecule has 0 aliphatic carbocycles. The smallest absolute Gasteiger partial charge is 0.176 e. The van der Waals surface area contributed by atoms with Crippen molar-refractivity contribution in [2.24, 2.45) is 5.41 Å². The summed E-state index contributed by atoms with van der Waals surface area (Å²) in [4.78, 5) is 12.4. The first kappa shape index (κ1) is 24.0. The van der Waals surface area contributed by atoms with E-state index in [4.69, 9.17) is 4.74 Å². The fourth-order valence-electron chi connectivity index (χ4n) is 5.12. The summed E-state index contributed by atoms with van der Waals surface area (Å²) >= 11 is 1.26. The topological polar surface area (TPSA) is 38.2 Å². The molecular formula is C27H34FN3OS. The highest BCUT2D eigenvalue weighted by molar-refractivity contribution is 7.10. The molecule has 6 heteroatoms. The van der Waals surface area contributed by atoms with Crippen LogP contribution in [0.2, 0.25) is 0 Å². The maximum atomic E-state index is 13.7. The largest absolute Gasteiger partial charge is 0.373 e. The number of ether oxygens (including phenoxy) is 1. The van der Waals surface area contributed by atoms with E-state index in [-0.39, 0.29) is 22.2 Å². The lowest BCUT2D eigenvalue weighted by molar-refractivity contribution is -0.0436. The molecule has 0 N–H and O–H groups in total. The van der Waals surface area contributed by atoms with Gasteiger partial charge in [-0.15, -0.1) is 11.3 Å². The van der Waals surface area contributed by atoms with E-state index in [9.17, 15) is 4.39 Å². The van der Waals surface area contributed by atoms with Crippen LogP contribution >= 0.6 is 11.3 Å². The third kappa shape index (κ3) is 5.18. The van der Waals surface area contributed by atoms with Crippen LogP contribution in [-0.4, -0.2) is 34.6 Å². The van der Waals surface area contributed by atoms with Crippen LogP contribution in [0.4, 0.5) is 4.39 Å². The second-order valence-corrected chi connectivity index (χ2v) is 10.7. The van der Waals surface area contributed by atoms with Crippen LogP contribution in [0, 0.1) is 17.5 Å². The molecule has 0 spiro atoms. The fraction of sp³-hybridized carbons (Fsp3) is 0.481. The standard InChI is InChI=1S/C27H34FN3OS/c1-5-32-25(21-11-15-29-16-12-21)27(13-10-23-8-9-24(28)33-23)14-17-31(19-27)26(3,4)22-7-6-20(2)30-18-22/h6-9,11-12,15-16,18,25H,5,10,13-14,17,19H2,1-4H3/t25-,27+/m1/s1. The molecule has 0 saturated carbocycles. The molecule has 0 unspecified atom stereocenters. The van der Waals surface area contributed by atoms with Crippen molar-refractivity contribution in [3.63, 3.8) is 0 Å². The Hall–Kier alpha value is -2.15. The van der Waals surface area contributed by atoms with E-state index >= 15 is 0 Å². The van der Waals surface area contributed by atoms with Gasteiger partial charge in [0.05, 0.1) is 6.10 Å². The van der Waals surface area contributed by atoms with Crippen LogP contribution in [0.15, 0.2) is 55.0 Å². The summed E-state index contributed by atoms with van der Waals surface area (Å²) in [5.41, 5.74) is 3.20. The van der Waals surface area contributed by atoms with Crippen molar-refractivity contribution < 1.29 is 9.13 Å². The number of hydrogen-bond acceptors (Lipinski definition) is 5. The number of aromatic nitrogens is 2. The molecule has 0 aromatic carbocycles. The van der Waals surface area contributed by atoms with Gasteiger partial charge < -0.3 is 4.74 Å². The molecule has 4 heterocycles. The van der Waals surface area contributed by atoms with Gasteiger partial charge in [0.1, 0.15) is 0 Å². The molecule has 1 aliphatic heterocycles. The summed E-state index contributed by atoms with van der Waals surface area (Å²) in [6.45, 7) is 11.2. The Labute approximate surface area is 200 Å². The molecule has 3 aromatic heterocycles. The lowest BCUT2D eigenvalue weighted by Crippen LogP contribution is -2.43. The first-order valence-corrected chi connectivity index (χ1v) is 12.6. The lowest BCUT2D eigenvalue weighted by atomic mass is 9.74. The van der Waals surface area contributed by atoms with Crippen molar-refractivity contribution in [2.45, 2.75) is 58.6 Å². The average Bonchev–Trinajstić information content (AvgIpc) is 3.44. The Bertz CT molecular complexity index is 1040. The molecule has 33 heavy (non-hydrogen) atoms. The summed E-state index contributed by atoms with van der Waals surface area (Å²) < 4.78 is 20.1.